The van der Waals surface area contributed by atoms with Crippen LogP contribution in [0.5, 0.6) is 11.5 Å². The van der Waals surface area contributed by atoms with Gasteiger partial charge in [0, 0.05) is 0 Å². The third-order valence-corrected chi connectivity index (χ3v) is 3.90. The van der Waals surface area contributed by atoms with E-state index in [1.807, 2.05) is 12.1 Å². The molecule has 4 aromatic rings. The van der Waals surface area contributed by atoms with Gasteiger partial charge in [0.2, 0.25) is 5.95 Å². The number of hydrogen-bond donors (Lipinski definition) is 3. The molecule has 0 unspecified atom stereocenters. The first-order chi connectivity index (χ1) is 12.7. The average Bonchev–Trinajstić information content (AvgIpc) is 2.98. The van der Waals surface area contributed by atoms with Gasteiger partial charge in [-0.3, -0.25) is 0 Å². The van der Waals surface area contributed by atoms with E-state index in [0.29, 0.717) is 28.3 Å². The van der Waals surface area contributed by atoms with E-state index in [0.717, 1.165) is 0 Å². The van der Waals surface area contributed by atoms with Gasteiger partial charge in [0.15, 0.2) is 5.65 Å². The number of rotatable bonds is 4. The van der Waals surface area contributed by atoms with Gasteiger partial charge in [-0.2, -0.15) is 4.98 Å². The van der Waals surface area contributed by atoms with E-state index in [1.54, 1.807) is 43.5 Å². The number of imidazole rings is 1. The summed E-state index contributed by atoms with van der Waals surface area (Å²) < 4.78 is 6.77. The van der Waals surface area contributed by atoms with Gasteiger partial charge in [-0.15, -0.1) is 0 Å². The molecule has 26 heavy (non-hydrogen) atoms. The summed E-state index contributed by atoms with van der Waals surface area (Å²) in [5.41, 5.74) is 1.57. The van der Waals surface area contributed by atoms with Crippen molar-refractivity contribution in [3.63, 3.8) is 0 Å². The number of phenols is 1. The van der Waals surface area contributed by atoms with Crippen molar-refractivity contribution in [1.29, 1.82) is 0 Å². The SMILES string of the molecule is COc1ccccc1-n1c(=O)[nH]c2cnc(Nc3ccccc3O)nc21. The number of benzene rings is 2. The molecular weight excluding hydrogens is 334 g/mol. The van der Waals surface area contributed by atoms with Crippen LogP contribution in [0.1, 0.15) is 0 Å². The number of nitrogens with one attached hydrogen (secondary N) is 2. The Hall–Kier alpha value is -3.81. The molecule has 0 aliphatic heterocycles. The molecule has 4 rings (SSSR count). The normalized spacial score (nSPS) is 10.8. The number of aromatic hydroxyl groups is 1. The van der Waals surface area contributed by atoms with Crippen LogP contribution >= 0.6 is 0 Å². The second-order valence-electron chi connectivity index (χ2n) is 5.51. The Morgan fingerprint density at radius 3 is 2.73 bits per heavy atom. The topological polar surface area (TPSA) is 105 Å². The number of aromatic amines is 1. The highest BCUT2D eigenvalue weighted by Gasteiger charge is 2.15. The van der Waals surface area contributed by atoms with Gasteiger partial charge in [0.25, 0.3) is 0 Å². The Labute approximate surface area is 147 Å². The van der Waals surface area contributed by atoms with Crippen LogP contribution in [-0.2, 0) is 0 Å². The molecule has 0 atom stereocenters. The van der Waals surface area contributed by atoms with Crippen LogP contribution in [0.3, 0.4) is 0 Å². The van der Waals surface area contributed by atoms with Crippen molar-refractivity contribution >= 4 is 22.8 Å². The number of para-hydroxylation sites is 4. The van der Waals surface area contributed by atoms with E-state index in [2.05, 4.69) is 20.3 Å². The fourth-order valence-corrected chi connectivity index (χ4v) is 2.70. The van der Waals surface area contributed by atoms with E-state index in [9.17, 15) is 9.90 Å². The molecule has 0 spiro atoms. The quantitative estimate of drug-likeness (QED) is 0.489. The molecule has 0 saturated heterocycles. The van der Waals surface area contributed by atoms with E-state index in [1.165, 1.54) is 10.8 Å². The number of nitrogens with zero attached hydrogens (tertiary/aromatic N) is 3. The number of fused-ring (bicyclic) bond motifs is 1. The van der Waals surface area contributed by atoms with Gasteiger partial charge in [-0.1, -0.05) is 24.3 Å². The Bertz CT molecular complexity index is 1150. The van der Waals surface area contributed by atoms with Gasteiger partial charge in [0.05, 0.1) is 24.7 Å². The van der Waals surface area contributed by atoms with Crippen LogP contribution in [0.25, 0.3) is 16.9 Å². The number of methoxy groups -OCH3 is 1. The molecule has 8 nitrogen and oxygen atoms in total. The first-order valence-electron chi connectivity index (χ1n) is 7.83. The smallest absolute Gasteiger partial charge is 0.332 e. The molecule has 2 aromatic heterocycles. The molecule has 0 amide bonds. The van der Waals surface area contributed by atoms with Crippen molar-refractivity contribution in [1.82, 2.24) is 19.5 Å². The molecule has 0 aliphatic carbocycles. The number of H-pyrrole nitrogens is 1. The van der Waals surface area contributed by atoms with Gasteiger partial charge in [-0.25, -0.2) is 14.3 Å². The fourth-order valence-electron chi connectivity index (χ4n) is 2.70. The first kappa shape index (κ1) is 15.7. The predicted molar refractivity (Wildman–Crippen MR) is 97.4 cm³/mol. The molecule has 8 heteroatoms. The second kappa shape index (κ2) is 6.25. The molecule has 0 saturated carbocycles. The molecule has 2 heterocycles. The highest BCUT2D eigenvalue weighted by molar-refractivity contribution is 5.75. The lowest BCUT2D eigenvalue weighted by Crippen LogP contribution is -2.15. The Balaban J connectivity index is 1.86. The van der Waals surface area contributed by atoms with Crippen molar-refractivity contribution < 1.29 is 9.84 Å². The highest BCUT2D eigenvalue weighted by Crippen LogP contribution is 2.26. The summed E-state index contributed by atoms with van der Waals surface area (Å²) in [6.45, 7) is 0. The van der Waals surface area contributed by atoms with Gasteiger partial charge < -0.3 is 20.1 Å². The summed E-state index contributed by atoms with van der Waals surface area (Å²) in [5, 5.41) is 12.8. The van der Waals surface area contributed by atoms with Crippen molar-refractivity contribution in [3.05, 3.63) is 65.2 Å². The van der Waals surface area contributed by atoms with Crippen LogP contribution < -0.4 is 15.7 Å². The Morgan fingerprint density at radius 1 is 1.15 bits per heavy atom. The van der Waals surface area contributed by atoms with Crippen molar-refractivity contribution in [3.8, 4) is 17.2 Å². The molecule has 0 fully saturated rings. The minimum Gasteiger partial charge on any atom is -0.506 e. The number of hydrogen-bond acceptors (Lipinski definition) is 6. The molecule has 0 aliphatic rings. The first-order valence-corrected chi connectivity index (χ1v) is 7.83. The molecule has 130 valence electrons. The molecular formula is C18H15N5O3. The van der Waals surface area contributed by atoms with E-state index >= 15 is 0 Å². The maximum atomic E-state index is 12.5. The predicted octanol–water partition coefficient (Wildman–Crippen LogP) is 2.57. The minimum absolute atomic E-state index is 0.0763. The molecule has 0 bridgehead atoms. The number of aromatic nitrogens is 4. The number of phenolic OH excluding ortho intramolecular Hbond substituents is 1. The second-order valence-corrected chi connectivity index (χ2v) is 5.51. The molecule has 0 radical (unpaired) electrons. The van der Waals surface area contributed by atoms with Crippen molar-refractivity contribution in [2.75, 3.05) is 12.4 Å². The number of anilines is 2. The Morgan fingerprint density at radius 2 is 1.92 bits per heavy atom. The van der Waals surface area contributed by atoms with Crippen LogP contribution in [-0.4, -0.2) is 31.7 Å². The maximum Gasteiger partial charge on any atom is 0.332 e. The van der Waals surface area contributed by atoms with Crippen LogP contribution in [0.2, 0.25) is 0 Å². The monoisotopic (exact) mass is 349 g/mol. The van der Waals surface area contributed by atoms with E-state index in [-0.39, 0.29) is 17.4 Å². The van der Waals surface area contributed by atoms with Crippen LogP contribution in [0.4, 0.5) is 11.6 Å². The third-order valence-electron chi connectivity index (χ3n) is 3.90. The van der Waals surface area contributed by atoms with E-state index < -0.39 is 0 Å². The van der Waals surface area contributed by atoms with Crippen molar-refractivity contribution in [2.45, 2.75) is 0 Å². The minimum atomic E-state index is -0.349. The zero-order valence-corrected chi connectivity index (χ0v) is 13.8. The highest BCUT2D eigenvalue weighted by atomic mass is 16.5. The van der Waals surface area contributed by atoms with Crippen LogP contribution in [0.15, 0.2) is 59.5 Å². The van der Waals surface area contributed by atoms with Crippen molar-refractivity contribution in [2.24, 2.45) is 0 Å². The Kier molecular flexibility index (Phi) is 3.77. The summed E-state index contributed by atoms with van der Waals surface area (Å²) in [4.78, 5) is 23.8. The molecule has 2 aromatic carbocycles. The van der Waals surface area contributed by atoms with E-state index in [4.69, 9.17) is 4.74 Å². The lowest BCUT2D eigenvalue weighted by atomic mass is 10.3. The average molecular weight is 349 g/mol. The van der Waals surface area contributed by atoms with Gasteiger partial charge in [-0.05, 0) is 24.3 Å². The van der Waals surface area contributed by atoms with Gasteiger partial charge >= 0.3 is 5.69 Å². The summed E-state index contributed by atoms with van der Waals surface area (Å²) >= 11 is 0. The fraction of sp³-hybridized carbons (Fsp3) is 0.0556. The largest absolute Gasteiger partial charge is 0.506 e. The summed E-state index contributed by atoms with van der Waals surface area (Å²) in [7, 11) is 1.54. The zero-order chi connectivity index (χ0) is 18.1. The summed E-state index contributed by atoms with van der Waals surface area (Å²) in [5.74, 6) is 0.873. The summed E-state index contributed by atoms with van der Waals surface area (Å²) in [6, 6.07) is 13.9. The summed E-state index contributed by atoms with van der Waals surface area (Å²) in [6.07, 6.45) is 1.51. The van der Waals surface area contributed by atoms with Gasteiger partial charge in [0.1, 0.15) is 17.0 Å². The molecule has 3 N–H and O–H groups in total. The third kappa shape index (κ3) is 2.63. The van der Waals surface area contributed by atoms with Crippen LogP contribution in [0, 0.1) is 0 Å². The number of ether oxygens (including phenoxy) is 1. The standard InChI is InChI=1S/C18H15N5O3/c1-26-15-9-5-3-7-13(15)23-16-12(21-18(23)25)10-19-17(22-16)20-11-6-2-4-8-14(11)24/h2-10,24H,1H3,(H,21,25)(H,19,20,22). The zero-order valence-electron chi connectivity index (χ0n) is 13.8. The maximum absolute atomic E-state index is 12.5. The lowest BCUT2D eigenvalue weighted by molar-refractivity contribution is 0.413. The lowest BCUT2D eigenvalue weighted by Gasteiger charge is -2.09.